The zero-order chi connectivity index (χ0) is 13.7. The highest BCUT2D eigenvalue weighted by atomic mass is 79.9. The summed E-state index contributed by atoms with van der Waals surface area (Å²) < 4.78 is 19.3. The smallest absolute Gasteiger partial charge is 0.137 e. The van der Waals surface area contributed by atoms with E-state index in [9.17, 15) is 4.39 Å². The molecule has 0 saturated carbocycles. The molecule has 1 aliphatic heterocycles. The van der Waals surface area contributed by atoms with Crippen molar-refractivity contribution in [2.75, 3.05) is 6.61 Å². The molecule has 2 nitrogen and oxygen atoms in total. The van der Waals surface area contributed by atoms with Crippen LogP contribution in [-0.4, -0.2) is 18.8 Å². The van der Waals surface area contributed by atoms with E-state index < -0.39 is 0 Å². The normalized spacial score (nSPS) is 21.3. The van der Waals surface area contributed by atoms with Crippen LogP contribution in [0, 0.1) is 5.82 Å². The van der Waals surface area contributed by atoms with Crippen molar-refractivity contribution in [3.05, 3.63) is 34.1 Å². The molecule has 2 rings (SSSR count). The van der Waals surface area contributed by atoms with E-state index >= 15 is 0 Å². The van der Waals surface area contributed by atoms with E-state index in [0.29, 0.717) is 10.6 Å². The molecule has 1 heterocycles. The molecule has 0 bridgehead atoms. The van der Waals surface area contributed by atoms with Gasteiger partial charge < -0.3 is 10.5 Å². The topological polar surface area (TPSA) is 35.2 Å². The van der Waals surface area contributed by atoms with Crippen molar-refractivity contribution in [3.63, 3.8) is 0 Å². The van der Waals surface area contributed by atoms with Gasteiger partial charge in [-0.2, -0.15) is 0 Å². The molecule has 2 atom stereocenters. The molecule has 1 fully saturated rings. The van der Waals surface area contributed by atoms with E-state index in [4.69, 9.17) is 10.5 Å². The van der Waals surface area contributed by atoms with Gasteiger partial charge in [-0.05, 0) is 72.2 Å². The van der Waals surface area contributed by atoms with Crippen molar-refractivity contribution in [1.82, 2.24) is 0 Å². The highest BCUT2D eigenvalue weighted by Crippen LogP contribution is 2.20. The molecule has 1 aromatic rings. The molecule has 0 spiro atoms. The van der Waals surface area contributed by atoms with Gasteiger partial charge in [0, 0.05) is 12.6 Å². The van der Waals surface area contributed by atoms with Crippen LogP contribution >= 0.6 is 15.9 Å². The van der Waals surface area contributed by atoms with Gasteiger partial charge in [0.2, 0.25) is 0 Å². The van der Waals surface area contributed by atoms with Crippen LogP contribution < -0.4 is 5.73 Å². The minimum atomic E-state index is -0.229. The number of halogens is 2. The van der Waals surface area contributed by atoms with Gasteiger partial charge in [-0.25, -0.2) is 4.39 Å². The summed E-state index contributed by atoms with van der Waals surface area (Å²) in [6, 6.07) is 5.21. The Morgan fingerprint density at radius 1 is 1.42 bits per heavy atom. The monoisotopic (exact) mass is 329 g/mol. The van der Waals surface area contributed by atoms with Gasteiger partial charge in [0.1, 0.15) is 5.82 Å². The molecule has 2 unspecified atom stereocenters. The molecule has 4 heteroatoms. The summed E-state index contributed by atoms with van der Waals surface area (Å²) in [6.45, 7) is 0.894. The highest BCUT2D eigenvalue weighted by Gasteiger charge is 2.15. The van der Waals surface area contributed by atoms with Crippen LogP contribution in [0.2, 0.25) is 0 Å². The summed E-state index contributed by atoms with van der Waals surface area (Å²) >= 11 is 3.20. The lowest BCUT2D eigenvalue weighted by Gasteiger charge is -2.23. The van der Waals surface area contributed by atoms with Crippen molar-refractivity contribution in [2.45, 2.75) is 50.7 Å². The third-order valence-electron chi connectivity index (χ3n) is 3.62. The minimum Gasteiger partial charge on any atom is -0.378 e. The van der Waals surface area contributed by atoms with Crippen LogP contribution in [0.15, 0.2) is 22.7 Å². The van der Waals surface area contributed by atoms with Crippen molar-refractivity contribution in [2.24, 2.45) is 5.73 Å². The van der Waals surface area contributed by atoms with Crippen LogP contribution in [0.4, 0.5) is 4.39 Å². The number of benzene rings is 1. The van der Waals surface area contributed by atoms with E-state index in [0.717, 1.165) is 37.9 Å². The zero-order valence-corrected chi connectivity index (χ0v) is 12.7. The summed E-state index contributed by atoms with van der Waals surface area (Å²) in [4.78, 5) is 0. The van der Waals surface area contributed by atoms with Crippen LogP contribution in [-0.2, 0) is 11.2 Å². The molecule has 106 valence electrons. The minimum absolute atomic E-state index is 0.114. The molecule has 2 N–H and O–H groups in total. The Hall–Kier alpha value is -0.450. The SMILES string of the molecule is NC(CCC1CCCCO1)Cc1ccc(F)c(Br)c1. The van der Waals surface area contributed by atoms with Crippen LogP contribution in [0.1, 0.15) is 37.7 Å². The number of rotatable bonds is 5. The van der Waals surface area contributed by atoms with Crippen molar-refractivity contribution in [3.8, 4) is 0 Å². The third-order valence-corrected chi connectivity index (χ3v) is 4.22. The van der Waals surface area contributed by atoms with E-state index in [2.05, 4.69) is 15.9 Å². The van der Waals surface area contributed by atoms with E-state index in [1.807, 2.05) is 6.07 Å². The Morgan fingerprint density at radius 3 is 2.95 bits per heavy atom. The summed E-state index contributed by atoms with van der Waals surface area (Å²) in [6.07, 6.45) is 6.78. The fraction of sp³-hybridized carbons (Fsp3) is 0.600. The largest absolute Gasteiger partial charge is 0.378 e. The van der Waals surface area contributed by atoms with Crippen molar-refractivity contribution >= 4 is 15.9 Å². The second-order valence-corrected chi connectivity index (χ2v) is 6.13. The van der Waals surface area contributed by atoms with Gasteiger partial charge in [0.15, 0.2) is 0 Å². The van der Waals surface area contributed by atoms with Gasteiger partial charge in [-0.3, -0.25) is 0 Å². The van der Waals surface area contributed by atoms with Crippen LogP contribution in [0.5, 0.6) is 0 Å². The molecular weight excluding hydrogens is 309 g/mol. The first-order valence-corrected chi connectivity index (χ1v) is 7.75. The zero-order valence-electron chi connectivity index (χ0n) is 11.1. The van der Waals surface area contributed by atoms with E-state index in [1.165, 1.54) is 18.9 Å². The Labute approximate surface area is 122 Å². The maximum absolute atomic E-state index is 13.1. The standard InChI is InChI=1S/C15H21BrFNO/c16-14-10-11(4-7-15(14)17)9-12(18)5-6-13-3-1-2-8-19-13/h4,7,10,12-13H,1-3,5-6,8-9,18H2. The molecule has 0 aliphatic carbocycles. The Kier molecular flexibility index (Phi) is 5.79. The van der Waals surface area contributed by atoms with Crippen LogP contribution in [0.25, 0.3) is 0 Å². The Balaban J connectivity index is 1.76. The molecule has 1 saturated heterocycles. The lowest BCUT2D eigenvalue weighted by Crippen LogP contribution is -2.27. The predicted octanol–water partition coefficient (Wildman–Crippen LogP) is 3.81. The van der Waals surface area contributed by atoms with E-state index in [-0.39, 0.29) is 11.9 Å². The van der Waals surface area contributed by atoms with Gasteiger partial charge in [-0.15, -0.1) is 0 Å². The molecule has 0 aromatic heterocycles. The quantitative estimate of drug-likeness (QED) is 0.891. The Morgan fingerprint density at radius 2 is 2.26 bits per heavy atom. The molecule has 1 aromatic carbocycles. The molecule has 0 radical (unpaired) electrons. The second kappa shape index (κ2) is 7.36. The summed E-state index contributed by atoms with van der Waals surface area (Å²) in [7, 11) is 0. The first kappa shape index (κ1) is 14.9. The molecule has 19 heavy (non-hydrogen) atoms. The number of hydrogen-bond donors (Lipinski definition) is 1. The number of ether oxygens (including phenoxy) is 1. The average Bonchev–Trinajstić information content (AvgIpc) is 2.42. The molecule has 1 aliphatic rings. The lowest BCUT2D eigenvalue weighted by atomic mass is 9.98. The van der Waals surface area contributed by atoms with Crippen LogP contribution in [0.3, 0.4) is 0 Å². The van der Waals surface area contributed by atoms with Gasteiger partial charge in [-0.1, -0.05) is 6.07 Å². The molecule has 0 amide bonds. The third kappa shape index (κ3) is 4.86. The maximum atomic E-state index is 13.1. The second-order valence-electron chi connectivity index (χ2n) is 5.28. The summed E-state index contributed by atoms with van der Waals surface area (Å²) in [5, 5.41) is 0. The van der Waals surface area contributed by atoms with Crippen molar-refractivity contribution < 1.29 is 9.13 Å². The highest BCUT2D eigenvalue weighted by molar-refractivity contribution is 9.10. The van der Waals surface area contributed by atoms with Gasteiger partial charge >= 0.3 is 0 Å². The summed E-state index contributed by atoms with van der Waals surface area (Å²) in [5.74, 6) is -0.229. The Bertz CT molecular complexity index is 407. The number of nitrogens with two attached hydrogens (primary N) is 1. The van der Waals surface area contributed by atoms with Crippen molar-refractivity contribution in [1.29, 1.82) is 0 Å². The van der Waals surface area contributed by atoms with Gasteiger partial charge in [0.05, 0.1) is 10.6 Å². The maximum Gasteiger partial charge on any atom is 0.137 e. The fourth-order valence-corrected chi connectivity index (χ4v) is 2.93. The van der Waals surface area contributed by atoms with E-state index in [1.54, 1.807) is 6.07 Å². The van der Waals surface area contributed by atoms with Gasteiger partial charge in [0.25, 0.3) is 0 Å². The first-order chi connectivity index (χ1) is 9.15. The average molecular weight is 330 g/mol. The predicted molar refractivity (Wildman–Crippen MR) is 78.6 cm³/mol. The number of hydrogen-bond acceptors (Lipinski definition) is 2. The first-order valence-electron chi connectivity index (χ1n) is 6.96. The summed E-state index contributed by atoms with van der Waals surface area (Å²) in [5.41, 5.74) is 7.22. The lowest BCUT2D eigenvalue weighted by molar-refractivity contribution is 0.00915. The fourth-order valence-electron chi connectivity index (χ4n) is 2.51. The molecular formula is C15H21BrFNO.